The maximum atomic E-state index is 11.9. The Labute approximate surface area is 146 Å². The summed E-state index contributed by atoms with van der Waals surface area (Å²) >= 11 is 1.51. The van der Waals surface area contributed by atoms with Crippen molar-refractivity contribution < 1.29 is 14.3 Å². The lowest BCUT2D eigenvalue weighted by Gasteiger charge is -2.07. The highest BCUT2D eigenvalue weighted by atomic mass is 32.2. The molecule has 0 unspecified atom stereocenters. The summed E-state index contributed by atoms with van der Waals surface area (Å²) in [6, 6.07) is 15.0. The van der Waals surface area contributed by atoms with Gasteiger partial charge in [-0.15, -0.1) is 11.8 Å². The highest BCUT2D eigenvalue weighted by molar-refractivity contribution is 7.99. The van der Waals surface area contributed by atoms with Crippen molar-refractivity contribution in [3.8, 4) is 0 Å². The minimum absolute atomic E-state index is 0.0367. The van der Waals surface area contributed by atoms with Crippen molar-refractivity contribution in [2.45, 2.75) is 19.6 Å². The Morgan fingerprint density at radius 3 is 2.58 bits per heavy atom. The molecule has 0 bridgehead atoms. The van der Waals surface area contributed by atoms with Crippen LogP contribution in [0.1, 0.15) is 28.4 Å². The summed E-state index contributed by atoms with van der Waals surface area (Å²) in [6.45, 7) is 4.15. The number of benzene rings is 2. The van der Waals surface area contributed by atoms with Gasteiger partial charge in [0.1, 0.15) is 0 Å². The van der Waals surface area contributed by atoms with E-state index in [1.807, 2.05) is 49.4 Å². The second-order valence-corrected chi connectivity index (χ2v) is 6.31. The third kappa shape index (κ3) is 5.74. The molecule has 5 heteroatoms. The zero-order chi connectivity index (χ0) is 17.4. The monoisotopic (exact) mass is 343 g/mol. The lowest BCUT2D eigenvalue weighted by Crippen LogP contribution is -2.14. The highest BCUT2D eigenvalue weighted by Crippen LogP contribution is 2.15. The number of thioether (sulfide) groups is 1. The predicted octanol–water partition coefficient (Wildman–Crippen LogP) is 4.04. The number of amides is 1. The summed E-state index contributed by atoms with van der Waals surface area (Å²) in [7, 11) is 0. The molecule has 2 aromatic rings. The van der Waals surface area contributed by atoms with Crippen LogP contribution < -0.4 is 5.32 Å². The van der Waals surface area contributed by atoms with Gasteiger partial charge < -0.3 is 10.1 Å². The maximum Gasteiger partial charge on any atom is 0.338 e. The van der Waals surface area contributed by atoms with Gasteiger partial charge in [0.2, 0.25) is 5.91 Å². The Morgan fingerprint density at radius 2 is 1.88 bits per heavy atom. The van der Waals surface area contributed by atoms with Crippen molar-refractivity contribution in [1.82, 2.24) is 0 Å². The molecule has 126 valence electrons. The second-order valence-electron chi connectivity index (χ2n) is 5.33. The number of esters is 1. The van der Waals surface area contributed by atoms with Crippen LogP contribution in [0.4, 0.5) is 5.69 Å². The number of hydrogen-bond donors (Lipinski definition) is 1. The lowest BCUT2D eigenvalue weighted by molar-refractivity contribution is -0.113. The molecule has 0 fully saturated rings. The topological polar surface area (TPSA) is 55.4 Å². The molecule has 24 heavy (non-hydrogen) atoms. The van der Waals surface area contributed by atoms with E-state index in [0.29, 0.717) is 23.7 Å². The zero-order valence-corrected chi connectivity index (χ0v) is 14.7. The van der Waals surface area contributed by atoms with Gasteiger partial charge in [-0.2, -0.15) is 0 Å². The Kier molecular flexibility index (Phi) is 6.88. The molecule has 0 heterocycles. The smallest absolute Gasteiger partial charge is 0.338 e. The Hall–Kier alpha value is -2.27. The number of carbonyl (C=O) groups is 2. The summed E-state index contributed by atoms with van der Waals surface area (Å²) in [6.07, 6.45) is 0. The van der Waals surface area contributed by atoms with E-state index in [9.17, 15) is 9.59 Å². The summed E-state index contributed by atoms with van der Waals surface area (Å²) in [5.74, 6) is 0.665. The first kappa shape index (κ1) is 18.1. The van der Waals surface area contributed by atoms with Crippen LogP contribution in [0.15, 0.2) is 48.5 Å². The van der Waals surface area contributed by atoms with E-state index in [2.05, 4.69) is 5.32 Å². The van der Waals surface area contributed by atoms with E-state index < -0.39 is 0 Å². The van der Waals surface area contributed by atoms with E-state index in [-0.39, 0.29) is 11.9 Å². The summed E-state index contributed by atoms with van der Waals surface area (Å²) in [5, 5.41) is 2.87. The van der Waals surface area contributed by atoms with Gasteiger partial charge >= 0.3 is 5.97 Å². The Bertz CT molecular complexity index is 698. The molecule has 0 aliphatic carbocycles. The van der Waals surface area contributed by atoms with Crippen LogP contribution in [0.5, 0.6) is 0 Å². The first-order valence-electron chi connectivity index (χ1n) is 7.79. The summed E-state index contributed by atoms with van der Waals surface area (Å²) in [4.78, 5) is 23.7. The van der Waals surface area contributed by atoms with Crippen molar-refractivity contribution in [3.05, 3.63) is 65.2 Å². The predicted molar refractivity (Wildman–Crippen MR) is 98.4 cm³/mol. The molecule has 0 atom stereocenters. The van der Waals surface area contributed by atoms with E-state index in [1.54, 1.807) is 13.0 Å². The summed E-state index contributed by atoms with van der Waals surface area (Å²) < 4.78 is 4.99. The number of rotatable bonds is 7. The van der Waals surface area contributed by atoms with Crippen molar-refractivity contribution in [2.75, 3.05) is 17.7 Å². The van der Waals surface area contributed by atoms with Gasteiger partial charge in [-0.1, -0.05) is 29.8 Å². The quantitative estimate of drug-likeness (QED) is 0.771. The molecular formula is C19H21NO3S. The van der Waals surface area contributed by atoms with Crippen LogP contribution in [-0.4, -0.2) is 24.2 Å². The number of nitrogens with one attached hydrogen (secondary N) is 1. The average molecular weight is 343 g/mol. The minimum Gasteiger partial charge on any atom is -0.462 e. The summed E-state index contributed by atoms with van der Waals surface area (Å²) in [5.41, 5.74) is 3.49. The van der Waals surface area contributed by atoms with Gasteiger partial charge in [-0.05, 0) is 43.7 Å². The van der Waals surface area contributed by atoms with Crippen molar-refractivity contribution in [3.63, 3.8) is 0 Å². The van der Waals surface area contributed by atoms with E-state index in [0.717, 1.165) is 16.8 Å². The number of anilines is 1. The van der Waals surface area contributed by atoms with Gasteiger partial charge in [0.25, 0.3) is 0 Å². The standard InChI is InChI=1S/C19H21NO3S/c1-3-23-19(22)16-6-4-5-15(11-16)12-24-13-18(21)20-17-9-7-14(2)8-10-17/h4-11H,3,12-13H2,1-2H3,(H,20,21). The SMILES string of the molecule is CCOC(=O)c1cccc(CSCC(=O)Nc2ccc(C)cc2)c1. The van der Waals surface area contributed by atoms with Crippen molar-refractivity contribution >= 4 is 29.3 Å². The van der Waals surface area contributed by atoms with E-state index >= 15 is 0 Å². The van der Waals surface area contributed by atoms with Gasteiger partial charge in [0.05, 0.1) is 17.9 Å². The first-order valence-corrected chi connectivity index (χ1v) is 8.94. The molecule has 0 aliphatic rings. The van der Waals surface area contributed by atoms with Crippen LogP contribution in [0.25, 0.3) is 0 Å². The van der Waals surface area contributed by atoms with Crippen LogP contribution in [0, 0.1) is 6.92 Å². The van der Waals surface area contributed by atoms with Gasteiger partial charge in [-0.25, -0.2) is 4.79 Å². The minimum atomic E-state index is -0.318. The largest absolute Gasteiger partial charge is 0.462 e. The maximum absolute atomic E-state index is 11.9. The third-order valence-corrected chi connectivity index (χ3v) is 4.28. The molecular weight excluding hydrogens is 322 g/mol. The number of ether oxygens (including phenoxy) is 1. The molecule has 1 N–H and O–H groups in total. The molecule has 2 rings (SSSR count). The third-order valence-electron chi connectivity index (χ3n) is 3.28. The molecule has 0 saturated heterocycles. The first-order chi connectivity index (χ1) is 11.6. The number of aryl methyl sites for hydroxylation is 1. The second kappa shape index (κ2) is 9.13. The fraction of sp³-hybridized carbons (Fsp3) is 0.263. The normalized spacial score (nSPS) is 10.2. The molecule has 0 spiro atoms. The average Bonchev–Trinajstić information content (AvgIpc) is 2.57. The molecule has 0 saturated carbocycles. The molecule has 0 aliphatic heterocycles. The van der Waals surface area contributed by atoms with Gasteiger partial charge in [-0.3, -0.25) is 4.79 Å². The van der Waals surface area contributed by atoms with Gasteiger partial charge in [0.15, 0.2) is 0 Å². The highest BCUT2D eigenvalue weighted by Gasteiger charge is 2.08. The number of hydrogen-bond acceptors (Lipinski definition) is 4. The molecule has 1 amide bonds. The Balaban J connectivity index is 1.81. The van der Waals surface area contributed by atoms with Crippen LogP contribution in [0.2, 0.25) is 0 Å². The molecule has 0 aromatic heterocycles. The molecule has 2 aromatic carbocycles. The van der Waals surface area contributed by atoms with Gasteiger partial charge in [0, 0.05) is 11.4 Å². The lowest BCUT2D eigenvalue weighted by atomic mass is 10.1. The van der Waals surface area contributed by atoms with Crippen molar-refractivity contribution in [1.29, 1.82) is 0 Å². The van der Waals surface area contributed by atoms with Crippen molar-refractivity contribution in [2.24, 2.45) is 0 Å². The van der Waals surface area contributed by atoms with E-state index in [4.69, 9.17) is 4.74 Å². The molecule has 0 radical (unpaired) electrons. The van der Waals surface area contributed by atoms with Crippen LogP contribution in [0.3, 0.4) is 0 Å². The molecule has 4 nitrogen and oxygen atoms in total. The van der Waals surface area contributed by atoms with Crippen LogP contribution in [-0.2, 0) is 15.3 Å². The Morgan fingerprint density at radius 1 is 1.12 bits per heavy atom. The zero-order valence-electron chi connectivity index (χ0n) is 13.9. The fourth-order valence-electron chi connectivity index (χ4n) is 2.10. The fourth-order valence-corrected chi connectivity index (χ4v) is 2.87. The van der Waals surface area contributed by atoms with Crippen LogP contribution >= 0.6 is 11.8 Å². The number of carbonyl (C=O) groups excluding carboxylic acids is 2. The van der Waals surface area contributed by atoms with E-state index in [1.165, 1.54) is 11.8 Å².